The van der Waals surface area contributed by atoms with E-state index in [2.05, 4.69) is 22.6 Å². The lowest BCUT2D eigenvalue weighted by molar-refractivity contribution is 0.0332. The second-order valence-electron chi connectivity index (χ2n) is 3.12. The molecule has 0 saturated carbocycles. The van der Waals surface area contributed by atoms with Crippen LogP contribution in [-0.4, -0.2) is 30.9 Å². The minimum absolute atomic E-state index is 0.0348. The van der Waals surface area contributed by atoms with Crippen LogP contribution in [0.15, 0.2) is 12.1 Å². The van der Waals surface area contributed by atoms with Crippen LogP contribution in [0.25, 0.3) is 0 Å². The summed E-state index contributed by atoms with van der Waals surface area (Å²) in [4.78, 5) is 11.7. The minimum atomic E-state index is -0.529. The van der Waals surface area contributed by atoms with E-state index in [-0.39, 0.29) is 17.9 Å². The van der Waals surface area contributed by atoms with Gasteiger partial charge in [0.15, 0.2) is 0 Å². The molecule has 94 valence electrons. The second kappa shape index (κ2) is 7.37. The molecule has 0 fully saturated rings. The van der Waals surface area contributed by atoms with E-state index in [4.69, 9.17) is 9.47 Å². The lowest BCUT2D eigenvalue weighted by atomic mass is 10.2. The lowest BCUT2D eigenvalue weighted by Crippen LogP contribution is -2.11. The number of benzene rings is 1. The average Bonchev–Trinajstić information content (AvgIpc) is 2.29. The van der Waals surface area contributed by atoms with Crippen molar-refractivity contribution in [3.8, 4) is 5.75 Å². The van der Waals surface area contributed by atoms with Crippen LogP contribution >= 0.6 is 45.2 Å². The number of hydrogen-bond donors (Lipinski definition) is 1. The predicted molar refractivity (Wildman–Crippen MR) is 80.3 cm³/mol. The van der Waals surface area contributed by atoms with E-state index in [9.17, 15) is 9.90 Å². The SMILES string of the molecule is CCOCCOC(=O)c1cc(I)cc(I)c1O. The molecular formula is C11H12I2O4. The highest BCUT2D eigenvalue weighted by Gasteiger charge is 2.16. The fourth-order valence-electron chi connectivity index (χ4n) is 1.14. The zero-order chi connectivity index (χ0) is 12.8. The van der Waals surface area contributed by atoms with Gasteiger partial charge in [-0.1, -0.05) is 0 Å². The van der Waals surface area contributed by atoms with Gasteiger partial charge in [0, 0.05) is 10.2 Å². The summed E-state index contributed by atoms with van der Waals surface area (Å²) in [6.07, 6.45) is 0. The van der Waals surface area contributed by atoms with Crippen molar-refractivity contribution in [2.24, 2.45) is 0 Å². The van der Waals surface area contributed by atoms with Gasteiger partial charge in [-0.05, 0) is 64.2 Å². The zero-order valence-corrected chi connectivity index (χ0v) is 13.5. The van der Waals surface area contributed by atoms with E-state index in [0.29, 0.717) is 16.8 Å². The summed E-state index contributed by atoms with van der Waals surface area (Å²) < 4.78 is 11.6. The first-order chi connectivity index (χ1) is 8.06. The van der Waals surface area contributed by atoms with E-state index >= 15 is 0 Å². The molecule has 0 spiro atoms. The Morgan fingerprint density at radius 3 is 2.71 bits per heavy atom. The number of phenols is 1. The number of carbonyl (C=O) groups is 1. The van der Waals surface area contributed by atoms with Gasteiger partial charge in [0.1, 0.15) is 17.9 Å². The van der Waals surface area contributed by atoms with Crippen LogP contribution in [0.2, 0.25) is 0 Å². The normalized spacial score (nSPS) is 10.3. The van der Waals surface area contributed by atoms with Crippen LogP contribution in [0.5, 0.6) is 5.75 Å². The number of ether oxygens (including phenoxy) is 2. The molecule has 0 aliphatic rings. The van der Waals surface area contributed by atoms with E-state index in [1.54, 1.807) is 12.1 Å². The van der Waals surface area contributed by atoms with Crippen molar-refractivity contribution in [3.05, 3.63) is 24.8 Å². The van der Waals surface area contributed by atoms with Gasteiger partial charge in [-0.25, -0.2) is 4.79 Å². The highest BCUT2D eigenvalue weighted by molar-refractivity contribution is 14.1. The van der Waals surface area contributed by atoms with Crippen LogP contribution in [0.3, 0.4) is 0 Å². The van der Waals surface area contributed by atoms with Gasteiger partial charge in [0.05, 0.1) is 10.2 Å². The first-order valence-corrected chi connectivity index (χ1v) is 7.15. The number of rotatable bonds is 5. The monoisotopic (exact) mass is 462 g/mol. The van der Waals surface area contributed by atoms with Crippen molar-refractivity contribution >= 4 is 51.2 Å². The third-order valence-electron chi connectivity index (χ3n) is 1.91. The molecule has 0 radical (unpaired) electrons. The van der Waals surface area contributed by atoms with Gasteiger partial charge in [0.2, 0.25) is 0 Å². The summed E-state index contributed by atoms with van der Waals surface area (Å²) in [5.41, 5.74) is 0.192. The summed E-state index contributed by atoms with van der Waals surface area (Å²) in [5.74, 6) is -0.564. The van der Waals surface area contributed by atoms with Crippen molar-refractivity contribution in [3.63, 3.8) is 0 Å². The number of aromatic hydroxyl groups is 1. The predicted octanol–water partition coefficient (Wildman–Crippen LogP) is 2.79. The molecule has 0 saturated heterocycles. The second-order valence-corrected chi connectivity index (χ2v) is 5.52. The summed E-state index contributed by atoms with van der Waals surface area (Å²) in [7, 11) is 0. The van der Waals surface area contributed by atoms with E-state index in [1.807, 2.05) is 29.5 Å². The molecule has 4 nitrogen and oxygen atoms in total. The maximum Gasteiger partial charge on any atom is 0.342 e. The zero-order valence-electron chi connectivity index (χ0n) is 9.20. The summed E-state index contributed by atoms with van der Waals surface area (Å²) >= 11 is 4.06. The van der Waals surface area contributed by atoms with Crippen LogP contribution in [0.4, 0.5) is 0 Å². The molecule has 0 aromatic heterocycles. The number of phenolic OH excluding ortho intramolecular Hbond substituents is 1. The lowest BCUT2D eigenvalue weighted by Gasteiger charge is -2.08. The number of halogens is 2. The molecular weight excluding hydrogens is 450 g/mol. The molecule has 0 bridgehead atoms. The molecule has 17 heavy (non-hydrogen) atoms. The smallest absolute Gasteiger partial charge is 0.342 e. The quantitative estimate of drug-likeness (QED) is 0.416. The minimum Gasteiger partial charge on any atom is -0.506 e. The van der Waals surface area contributed by atoms with Gasteiger partial charge in [0.25, 0.3) is 0 Å². The van der Waals surface area contributed by atoms with Crippen molar-refractivity contribution in [2.45, 2.75) is 6.92 Å². The molecule has 6 heteroatoms. The van der Waals surface area contributed by atoms with Crippen LogP contribution in [0, 0.1) is 7.14 Å². The molecule has 1 aromatic carbocycles. The molecule has 0 aliphatic carbocycles. The van der Waals surface area contributed by atoms with Crippen LogP contribution in [0.1, 0.15) is 17.3 Å². The molecule has 1 aromatic rings. The first-order valence-electron chi connectivity index (χ1n) is 4.99. The Bertz CT molecular complexity index is 407. The van der Waals surface area contributed by atoms with Crippen molar-refractivity contribution in [2.75, 3.05) is 19.8 Å². The molecule has 1 N–H and O–H groups in total. The summed E-state index contributed by atoms with van der Waals surface area (Å²) in [6.45, 7) is 3.01. The Kier molecular flexibility index (Phi) is 6.49. The topological polar surface area (TPSA) is 55.8 Å². The number of carbonyl (C=O) groups excluding carboxylic acids is 1. The Balaban J connectivity index is 2.69. The third kappa shape index (κ3) is 4.59. The Hall–Kier alpha value is -0.0900. The van der Waals surface area contributed by atoms with E-state index in [1.165, 1.54) is 0 Å². The highest BCUT2D eigenvalue weighted by atomic mass is 127. The largest absolute Gasteiger partial charge is 0.506 e. The molecule has 0 atom stereocenters. The molecule has 0 amide bonds. The number of hydrogen-bond acceptors (Lipinski definition) is 4. The van der Waals surface area contributed by atoms with Gasteiger partial charge in [-0.2, -0.15) is 0 Å². The highest BCUT2D eigenvalue weighted by Crippen LogP contribution is 2.27. The summed E-state index contributed by atoms with van der Waals surface area (Å²) in [6, 6.07) is 3.38. The maximum absolute atomic E-state index is 11.7. The Labute approximate surface area is 127 Å². The van der Waals surface area contributed by atoms with Crippen molar-refractivity contribution < 1.29 is 19.4 Å². The standard InChI is InChI=1S/C11H12I2O4/c1-2-16-3-4-17-11(15)8-5-7(12)6-9(13)10(8)14/h5-6,14H,2-4H2,1H3. The molecule has 1 rings (SSSR count). The number of esters is 1. The summed E-state index contributed by atoms with van der Waals surface area (Å²) in [5, 5.41) is 9.75. The van der Waals surface area contributed by atoms with E-state index < -0.39 is 5.97 Å². The van der Waals surface area contributed by atoms with Gasteiger partial charge < -0.3 is 14.6 Å². The fraction of sp³-hybridized carbons (Fsp3) is 0.364. The van der Waals surface area contributed by atoms with E-state index in [0.717, 1.165) is 3.57 Å². The van der Waals surface area contributed by atoms with Crippen LogP contribution < -0.4 is 0 Å². The molecule has 0 unspecified atom stereocenters. The molecule has 0 heterocycles. The third-order valence-corrected chi connectivity index (χ3v) is 3.36. The first kappa shape index (κ1) is 15.0. The van der Waals surface area contributed by atoms with Crippen LogP contribution in [-0.2, 0) is 9.47 Å². The van der Waals surface area contributed by atoms with Crippen molar-refractivity contribution in [1.82, 2.24) is 0 Å². The van der Waals surface area contributed by atoms with Gasteiger partial charge in [-0.3, -0.25) is 0 Å². The van der Waals surface area contributed by atoms with Crippen molar-refractivity contribution in [1.29, 1.82) is 0 Å². The Morgan fingerprint density at radius 1 is 1.35 bits per heavy atom. The van der Waals surface area contributed by atoms with Gasteiger partial charge >= 0.3 is 5.97 Å². The average molecular weight is 462 g/mol. The fourth-order valence-corrected chi connectivity index (χ4v) is 2.98. The Morgan fingerprint density at radius 2 is 2.06 bits per heavy atom. The maximum atomic E-state index is 11.7. The van der Waals surface area contributed by atoms with Gasteiger partial charge in [-0.15, -0.1) is 0 Å². The molecule has 0 aliphatic heterocycles.